The molecule has 6 nitrogen and oxygen atoms in total. The molecule has 1 aromatic heterocycles. The van der Waals surface area contributed by atoms with Crippen LogP contribution in [0.25, 0.3) is 0 Å². The summed E-state index contributed by atoms with van der Waals surface area (Å²) in [5, 5.41) is 0. The lowest BCUT2D eigenvalue weighted by Gasteiger charge is -2.32. The Kier molecular flexibility index (Phi) is 4.15. The Morgan fingerprint density at radius 1 is 1.26 bits per heavy atom. The highest BCUT2D eigenvalue weighted by Crippen LogP contribution is 2.36. The molecule has 1 amide bonds. The summed E-state index contributed by atoms with van der Waals surface area (Å²) in [7, 11) is -0.507. The molecule has 3 rings (SSSR count). The summed E-state index contributed by atoms with van der Waals surface area (Å²) in [4.78, 5) is 22.2. The van der Waals surface area contributed by atoms with Crippen molar-refractivity contribution in [2.24, 2.45) is 0 Å². The first-order valence-corrected chi connectivity index (χ1v) is 8.34. The van der Waals surface area contributed by atoms with Crippen LogP contribution in [0.2, 0.25) is 0 Å². The zero-order valence-corrected chi connectivity index (χ0v) is 14.6. The highest BCUT2D eigenvalue weighted by atomic mass is 35.5. The van der Waals surface area contributed by atoms with Gasteiger partial charge in [-0.3, -0.25) is 9.69 Å². The molecule has 1 aliphatic heterocycles. The number of halogens is 1. The lowest BCUT2D eigenvalue weighted by molar-refractivity contribution is -0.116. The third-order valence-electron chi connectivity index (χ3n) is 4.69. The smallest absolute Gasteiger partial charge is 0.399 e. The van der Waals surface area contributed by atoms with Gasteiger partial charge in [-0.1, -0.05) is 0 Å². The molecule has 1 saturated heterocycles. The number of carbonyl (C=O) groups is 1. The van der Waals surface area contributed by atoms with Gasteiger partial charge in [0.05, 0.1) is 11.2 Å². The lowest BCUT2D eigenvalue weighted by Crippen LogP contribution is -2.41. The summed E-state index contributed by atoms with van der Waals surface area (Å²) >= 11 is 5.68. The van der Waals surface area contributed by atoms with Gasteiger partial charge in [0, 0.05) is 23.9 Å². The third-order valence-corrected chi connectivity index (χ3v) is 4.92. The normalized spacial score (nSPS) is 22.2. The molecule has 8 heteroatoms. The highest BCUT2D eigenvalue weighted by Gasteiger charge is 2.52. The minimum absolute atomic E-state index is 0.0706. The Hall–Kier alpha value is -1.18. The summed E-state index contributed by atoms with van der Waals surface area (Å²) in [5.74, 6) is 0.148. The number of rotatable bonds is 4. The van der Waals surface area contributed by atoms with Crippen molar-refractivity contribution in [3.8, 4) is 0 Å². The number of hydrogen-bond acceptors (Lipinski definition) is 5. The van der Waals surface area contributed by atoms with Crippen molar-refractivity contribution in [2.45, 2.75) is 57.8 Å². The van der Waals surface area contributed by atoms with Gasteiger partial charge >= 0.3 is 7.12 Å². The summed E-state index contributed by atoms with van der Waals surface area (Å²) in [5.41, 5.74) is -0.0860. The van der Waals surface area contributed by atoms with E-state index in [0.29, 0.717) is 5.95 Å². The van der Waals surface area contributed by atoms with Crippen molar-refractivity contribution >= 4 is 36.0 Å². The fourth-order valence-electron chi connectivity index (χ4n) is 2.43. The molecule has 124 valence electrons. The monoisotopic (exact) mass is 337 g/mol. The number of carbonyl (C=O) groups excluding carboxylic acids is 1. The van der Waals surface area contributed by atoms with Crippen LogP contribution in [-0.2, 0) is 14.1 Å². The van der Waals surface area contributed by atoms with Gasteiger partial charge in [-0.05, 0) is 40.5 Å². The average Bonchev–Trinajstić information content (AvgIpc) is 3.28. The van der Waals surface area contributed by atoms with Crippen molar-refractivity contribution in [3.63, 3.8) is 0 Å². The Labute approximate surface area is 141 Å². The standard InChI is InChI=1S/C15H21BClN3O3/c1-14(2)15(3,4)23-16(22-14)10-8-18-13(19-9-10)20(11-5-6-11)12(21)7-17/h8-9,11H,5-7H2,1-4H3. The van der Waals surface area contributed by atoms with Gasteiger partial charge < -0.3 is 9.31 Å². The molecule has 2 aliphatic rings. The molecule has 2 heterocycles. The number of nitrogens with zero attached hydrogens (tertiary/aromatic N) is 3. The first kappa shape index (κ1) is 16.7. The Bertz CT molecular complexity index is 588. The van der Waals surface area contributed by atoms with E-state index in [2.05, 4.69) is 9.97 Å². The van der Waals surface area contributed by atoms with Crippen LogP contribution in [-0.4, -0.2) is 46.1 Å². The Balaban J connectivity index is 1.79. The fourth-order valence-corrected chi connectivity index (χ4v) is 2.56. The van der Waals surface area contributed by atoms with Crippen LogP contribution in [0.1, 0.15) is 40.5 Å². The number of alkyl halides is 1. The van der Waals surface area contributed by atoms with E-state index < -0.39 is 18.3 Å². The third kappa shape index (κ3) is 3.10. The topological polar surface area (TPSA) is 64.5 Å². The van der Waals surface area contributed by atoms with Crippen molar-refractivity contribution < 1.29 is 14.1 Å². The highest BCUT2D eigenvalue weighted by molar-refractivity contribution is 6.61. The van der Waals surface area contributed by atoms with Gasteiger partial charge in [-0.15, -0.1) is 11.6 Å². The number of amides is 1. The summed E-state index contributed by atoms with van der Waals surface area (Å²) < 4.78 is 11.9. The molecule has 0 aromatic carbocycles. The maximum Gasteiger partial charge on any atom is 0.498 e. The largest absolute Gasteiger partial charge is 0.498 e. The zero-order chi connectivity index (χ0) is 16.8. The molecule has 0 N–H and O–H groups in total. The molecule has 0 radical (unpaired) electrons. The van der Waals surface area contributed by atoms with E-state index in [-0.39, 0.29) is 17.8 Å². The summed E-state index contributed by atoms with van der Waals surface area (Å²) in [6.07, 6.45) is 5.23. The molecule has 0 atom stereocenters. The molecule has 1 aromatic rings. The van der Waals surface area contributed by atoms with Gasteiger partial charge in [-0.2, -0.15) is 0 Å². The van der Waals surface area contributed by atoms with Crippen LogP contribution in [0.4, 0.5) is 5.95 Å². The van der Waals surface area contributed by atoms with Crippen LogP contribution < -0.4 is 10.4 Å². The predicted octanol–water partition coefficient (Wildman–Crippen LogP) is 1.51. The van der Waals surface area contributed by atoms with Gasteiger partial charge in [0.25, 0.3) is 0 Å². The lowest BCUT2D eigenvalue weighted by atomic mass is 9.81. The molecule has 1 aliphatic carbocycles. The fraction of sp³-hybridized carbons (Fsp3) is 0.667. The number of anilines is 1. The molecule has 0 spiro atoms. The Morgan fingerprint density at radius 3 is 2.22 bits per heavy atom. The van der Waals surface area contributed by atoms with E-state index >= 15 is 0 Å². The van der Waals surface area contributed by atoms with Crippen molar-refractivity contribution in [1.82, 2.24) is 9.97 Å². The predicted molar refractivity (Wildman–Crippen MR) is 89.0 cm³/mol. The quantitative estimate of drug-likeness (QED) is 0.615. The molecule has 2 fully saturated rings. The molecule has 0 bridgehead atoms. The van der Waals surface area contributed by atoms with Crippen molar-refractivity contribution in [3.05, 3.63) is 12.4 Å². The number of aromatic nitrogens is 2. The minimum atomic E-state index is -0.507. The minimum Gasteiger partial charge on any atom is -0.399 e. The molecule has 1 saturated carbocycles. The summed E-state index contributed by atoms with van der Waals surface area (Å²) in [6.45, 7) is 7.98. The van der Waals surface area contributed by atoms with Crippen LogP contribution >= 0.6 is 11.6 Å². The Morgan fingerprint density at radius 2 is 1.78 bits per heavy atom. The van der Waals surface area contributed by atoms with E-state index in [1.165, 1.54) is 0 Å². The van der Waals surface area contributed by atoms with E-state index in [1.807, 2.05) is 27.7 Å². The molecule has 23 heavy (non-hydrogen) atoms. The van der Waals surface area contributed by atoms with Crippen molar-refractivity contribution in [2.75, 3.05) is 10.8 Å². The second-order valence-electron chi connectivity index (χ2n) is 7.03. The zero-order valence-electron chi connectivity index (χ0n) is 13.9. The average molecular weight is 338 g/mol. The van der Waals surface area contributed by atoms with Crippen LogP contribution in [0, 0.1) is 0 Å². The van der Waals surface area contributed by atoms with E-state index in [4.69, 9.17) is 20.9 Å². The van der Waals surface area contributed by atoms with Gasteiger partial charge in [0.2, 0.25) is 11.9 Å². The van der Waals surface area contributed by atoms with E-state index in [1.54, 1.807) is 17.3 Å². The van der Waals surface area contributed by atoms with Crippen LogP contribution in [0.15, 0.2) is 12.4 Å². The van der Waals surface area contributed by atoms with Crippen LogP contribution in [0.5, 0.6) is 0 Å². The van der Waals surface area contributed by atoms with Crippen LogP contribution in [0.3, 0.4) is 0 Å². The first-order valence-electron chi connectivity index (χ1n) is 7.81. The first-order chi connectivity index (χ1) is 10.7. The maximum absolute atomic E-state index is 12.0. The van der Waals surface area contributed by atoms with Crippen molar-refractivity contribution in [1.29, 1.82) is 0 Å². The second-order valence-corrected chi connectivity index (χ2v) is 7.30. The molecular weight excluding hydrogens is 316 g/mol. The van der Waals surface area contributed by atoms with E-state index in [9.17, 15) is 4.79 Å². The molecular formula is C15H21BClN3O3. The SMILES string of the molecule is CC1(C)OB(c2cnc(N(C(=O)CCl)C3CC3)nc2)OC1(C)C. The van der Waals surface area contributed by atoms with Gasteiger partial charge in [0.1, 0.15) is 5.88 Å². The van der Waals surface area contributed by atoms with Gasteiger partial charge in [0.15, 0.2) is 0 Å². The second kappa shape index (κ2) is 5.72. The molecule has 0 unspecified atom stereocenters. The van der Waals surface area contributed by atoms with Gasteiger partial charge in [-0.25, -0.2) is 9.97 Å². The van der Waals surface area contributed by atoms with E-state index in [0.717, 1.165) is 18.3 Å². The maximum atomic E-state index is 12.0. The number of hydrogen-bond donors (Lipinski definition) is 0. The summed E-state index contributed by atoms with van der Waals surface area (Å²) in [6, 6.07) is 0.170.